The minimum absolute atomic E-state index is 0.0474. The third-order valence-electron chi connectivity index (χ3n) is 2.86. The van der Waals surface area contributed by atoms with Gasteiger partial charge in [-0.1, -0.05) is 23.7 Å². The van der Waals surface area contributed by atoms with Crippen LogP contribution in [0.25, 0.3) is 0 Å². The Morgan fingerprint density at radius 1 is 1.59 bits per heavy atom. The maximum atomic E-state index is 11.7. The Morgan fingerprint density at radius 3 is 2.94 bits per heavy atom. The van der Waals surface area contributed by atoms with Crippen LogP contribution in [0.4, 0.5) is 0 Å². The fourth-order valence-corrected chi connectivity index (χ4v) is 2.09. The normalized spacial score (nSPS) is 19.8. The molecular weight excluding hydrogens is 242 g/mol. The van der Waals surface area contributed by atoms with E-state index < -0.39 is 6.10 Å². The molecular formula is C12H14ClNO3. The third-order valence-corrected chi connectivity index (χ3v) is 3.15. The van der Waals surface area contributed by atoms with Gasteiger partial charge in [0.25, 0.3) is 5.91 Å². The summed E-state index contributed by atoms with van der Waals surface area (Å²) in [6.45, 7) is 0.523. The number of rotatable bonds is 3. The zero-order valence-electron chi connectivity index (χ0n) is 9.52. The van der Waals surface area contributed by atoms with Crippen LogP contribution in [0.15, 0.2) is 18.2 Å². The highest BCUT2D eigenvalue weighted by atomic mass is 35.5. The van der Waals surface area contributed by atoms with Gasteiger partial charge < -0.3 is 14.7 Å². The van der Waals surface area contributed by atoms with Crippen LogP contribution in [0.1, 0.15) is 12.0 Å². The lowest BCUT2D eigenvalue weighted by molar-refractivity contribution is -0.132. The summed E-state index contributed by atoms with van der Waals surface area (Å²) in [5, 5.41) is 9.62. The summed E-state index contributed by atoms with van der Waals surface area (Å²) in [5.41, 5.74) is 0.597. The molecule has 1 aliphatic rings. The van der Waals surface area contributed by atoms with Crippen molar-refractivity contribution in [3.8, 4) is 5.75 Å². The first-order valence-electron chi connectivity index (χ1n) is 5.43. The lowest BCUT2D eigenvalue weighted by atomic mass is 10.2. The standard InChI is InChI=1S/C12H14ClNO3/c1-14-6-5-10(12(14)16)17-11-8(7-15)3-2-4-9(11)13/h2-4,10,15H,5-7H2,1H3. The molecule has 1 aromatic carbocycles. The molecule has 1 amide bonds. The third kappa shape index (κ3) is 2.37. The van der Waals surface area contributed by atoms with E-state index in [0.29, 0.717) is 29.3 Å². The number of aliphatic hydroxyl groups is 1. The van der Waals surface area contributed by atoms with Crippen LogP contribution in [-0.4, -0.2) is 35.6 Å². The van der Waals surface area contributed by atoms with Crippen LogP contribution in [0, 0.1) is 0 Å². The lowest BCUT2D eigenvalue weighted by Gasteiger charge is -2.16. The Kier molecular flexibility index (Phi) is 3.54. The summed E-state index contributed by atoms with van der Waals surface area (Å²) in [6, 6.07) is 5.15. The Hall–Kier alpha value is -1.26. The molecule has 1 fully saturated rings. The molecule has 1 unspecified atom stereocenters. The number of likely N-dealkylation sites (tertiary alicyclic amines) is 1. The molecule has 0 bridgehead atoms. The first kappa shape index (κ1) is 12.2. The summed E-state index contributed by atoms with van der Waals surface area (Å²) in [7, 11) is 1.74. The average Bonchev–Trinajstić information content (AvgIpc) is 2.63. The van der Waals surface area contributed by atoms with Crippen LogP contribution >= 0.6 is 11.6 Å². The maximum absolute atomic E-state index is 11.7. The van der Waals surface area contributed by atoms with Gasteiger partial charge in [-0.2, -0.15) is 0 Å². The second-order valence-electron chi connectivity index (χ2n) is 4.04. The van der Waals surface area contributed by atoms with Crippen molar-refractivity contribution in [2.24, 2.45) is 0 Å². The number of aliphatic hydroxyl groups excluding tert-OH is 1. The molecule has 1 heterocycles. The molecule has 17 heavy (non-hydrogen) atoms. The number of para-hydroxylation sites is 1. The summed E-state index contributed by atoms with van der Waals surface area (Å²) in [6.07, 6.45) is 0.149. The van der Waals surface area contributed by atoms with E-state index in [1.807, 2.05) is 0 Å². The van der Waals surface area contributed by atoms with Crippen molar-refractivity contribution in [1.82, 2.24) is 4.90 Å². The highest BCUT2D eigenvalue weighted by molar-refractivity contribution is 6.32. The van der Waals surface area contributed by atoms with Crippen LogP contribution < -0.4 is 4.74 Å². The average molecular weight is 256 g/mol. The molecule has 0 saturated carbocycles. The second-order valence-corrected chi connectivity index (χ2v) is 4.45. The van der Waals surface area contributed by atoms with E-state index in [0.717, 1.165) is 0 Å². The molecule has 5 heteroatoms. The zero-order chi connectivity index (χ0) is 12.4. The van der Waals surface area contributed by atoms with Crippen molar-refractivity contribution in [3.05, 3.63) is 28.8 Å². The van der Waals surface area contributed by atoms with Gasteiger partial charge in [-0.3, -0.25) is 4.79 Å². The number of amides is 1. The molecule has 1 aromatic rings. The number of benzene rings is 1. The quantitative estimate of drug-likeness (QED) is 0.889. The van der Waals surface area contributed by atoms with Gasteiger partial charge in [0.15, 0.2) is 6.10 Å². The Balaban J connectivity index is 2.21. The number of hydrogen-bond acceptors (Lipinski definition) is 3. The molecule has 2 rings (SSSR count). The van der Waals surface area contributed by atoms with Crippen LogP contribution in [0.5, 0.6) is 5.75 Å². The molecule has 0 radical (unpaired) electrons. The van der Waals surface area contributed by atoms with Crippen molar-refractivity contribution >= 4 is 17.5 Å². The molecule has 0 aromatic heterocycles. The molecule has 1 aliphatic heterocycles. The van der Waals surface area contributed by atoms with Gasteiger partial charge in [-0.15, -0.1) is 0 Å². The number of carbonyl (C=O) groups excluding carboxylic acids is 1. The van der Waals surface area contributed by atoms with Gasteiger partial charge in [-0.25, -0.2) is 0 Å². The minimum Gasteiger partial charge on any atom is -0.479 e. The summed E-state index contributed by atoms with van der Waals surface area (Å²) in [5.74, 6) is 0.360. The molecule has 0 spiro atoms. The van der Waals surface area contributed by atoms with E-state index >= 15 is 0 Å². The van der Waals surface area contributed by atoms with Crippen LogP contribution in [0.3, 0.4) is 0 Å². The molecule has 4 nitrogen and oxygen atoms in total. The summed E-state index contributed by atoms with van der Waals surface area (Å²) < 4.78 is 5.63. The first-order chi connectivity index (χ1) is 8.13. The van der Waals surface area contributed by atoms with E-state index in [4.69, 9.17) is 16.3 Å². The second kappa shape index (κ2) is 4.94. The molecule has 0 aliphatic carbocycles. The topological polar surface area (TPSA) is 49.8 Å². The van der Waals surface area contributed by atoms with Gasteiger partial charge in [0.2, 0.25) is 0 Å². The molecule has 1 saturated heterocycles. The number of likely N-dealkylation sites (N-methyl/N-ethyl adjacent to an activating group) is 1. The fraction of sp³-hybridized carbons (Fsp3) is 0.417. The van der Waals surface area contributed by atoms with E-state index in [1.165, 1.54) is 0 Å². The molecule has 1 N–H and O–H groups in total. The highest BCUT2D eigenvalue weighted by Crippen LogP contribution is 2.31. The number of carbonyl (C=O) groups is 1. The maximum Gasteiger partial charge on any atom is 0.263 e. The van der Waals surface area contributed by atoms with Gasteiger partial charge >= 0.3 is 0 Å². The number of halogens is 1. The predicted octanol–water partition coefficient (Wildman–Crippen LogP) is 1.44. The lowest BCUT2D eigenvalue weighted by Crippen LogP contribution is -2.29. The highest BCUT2D eigenvalue weighted by Gasteiger charge is 2.31. The Morgan fingerprint density at radius 2 is 2.35 bits per heavy atom. The first-order valence-corrected chi connectivity index (χ1v) is 5.81. The monoisotopic (exact) mass is 255 g/mol. The van der Waals surface area contributed by atoms with Gasteiger partial charge in [0, 0.05) is 25.6 Å². The van der Waals surface area contributed by atoms with Crippen molar-refractivity contribution in [2.75, 3.05) is 13.6 Å². The van der Waals surface area contributed by atoms with E-state index in [-0.39, 0.29) is 12.5 Å². The van der Waals surface area contributed by atoms with Crippen LogP contribution in [0.2, 0.25) is 5.02 Å². The fourth-order valence-electron chi connectivity index (χ4n) is 1.85. The van der Waals surface area contributed by atoms with Crippen LogP contribution in [-0.2, 0) is 11.4 Å². The number of nitrogens with zero attached hydrogens (tertiary/aromatic N) is 1. The Labute approximate surface area is 105 Å². The predicted molar refractivity (Wildman–Crippen MR) is 64.0 cm³/mol. The van der Waals surface area contributed by atoms with Crippen molar-refractivity contribution < 1.29 is 14.6 Å². The van der Waals surface area contributed by atoms with Crippen molar-refractivity contribution in [3.63, 3.8) is 0 Å². The zero-order valence-corrected chi connectivity index (χ0v) is 10.3. The SMILES string of the molecule is CN1CCC(Oc2c(Cl)cccc2CO)C1=O. The van der Waals surface area contributed by atoms with Crippen molar-refractivity contribution in [1.29, 1.82) is 0 Å². The largest absolute Gasteiger partial charge is 0.479 e. The van der Waals surface area contributed by atoms with Crippen molar-refractivity contribution in [2.45, 2.75) is 19.1 Å². The number of ether oxygens (including phenoxy) is 1. The summed E-state index contributed by atoms with van der Waals surface area (Å²) in [4.78, 5) is 13.3. The molecule has 1 atom stereocenters. The Bertz CT molecular complexity index is 436. The van der Waals surface area contributed by atoms with Gasteiger partial charge in [-0.05, 0) is 6.07 Å². The minimum atomic E-state index is -0.495. The van der Waals surface area contributed by atoms with Gasteiger partial charge in [0.1, 0.15) is 5.75 Å². The smallest absolute Gasteiger partial charge is 0.263 e. The molecule has 92 valence electrons. The van der Waals surface area contributed by atoms with E-state index in [9.17, 15) is 9.90 Å². The van der Waals surface area contributed by atoms with Gasteiger partial charge in [0.05, 0.1) is 11.6 Å². The van der Waals surface area contributed by atoms with E-state index in [2.05, 4.69) is 0 Å². The van der Waals surface area contributed by atoms with E-state index in [1.54, 1.807) is 30.1 Å². The summed E-state index contributed by atoms with van der Waals surface area (Å²) >= 11 is 6.01. The number of hydrogen-bond donors (Lipinski definition) is 1.